The number of carbonyl (C=O) groups excluding carboxylic acids is 1. The van der Waals surface area contributed by atoms with E-state index in [9.17, 15) is 4.79 Å². The Balaban J connectivity index is 1.51. The van der Waals surface area contributed by atoms with Gasteiger partial charge < -0.3 is 10.1 Å². The summed E-state index contributed by atoms with van der Waals surface area (Å²) in [4.78, 5) is 18.8. The third-order valence-electron chi connectivity index (χ3n) is 5.62. The van der Waals surface area contributed by atoms with Crippen LogP contribution in [0.2, 0.25) is 5.02 Å². The second-order valence-electron chi connectivity index (χ2n) is 7.37. The van der Waals surface area contributed by atoms with Gasteiger partial charge in [0.2, 0.25) is 5.91 Å². The SMILES string of the molecule is COc1ccccc1Cc1cnc(NC(=O)C2(c3ccc(Cl)cc3)CCCC2)s1. The largest absolute Gasteiger partial charge is 0.496 e. The van der Waals surface area contributed by atoms with E-state index >= 15 is 0 Å². The summed E-state index contributed by atoms with van der Waals surface area (Å²) in [5, 5.41) is 4.40. The van der Waals surface area contributed by atoms with Gasteiger partial charge in [-0.25, -0.2) is 4.98 Å². The second kappa shape index (κ2) is 8.56. The van der Waals surface area contributed by atoms with Crippen LogP contribution in [-0.4, -0.2) is 18.0 Å². The van der Waals surface area contributed by atoms with E-state index in [1.165, 1.54) is 11.3 Å². The van der Waals surface area contributed by atoms with E-state index in [1.807, 2.05) is 54.7 Å². The molecule has 4 rings (SSSR count). The predicted molar refractivity (Wildman–Crippen MR) is 118 cm³/mol. The molecule has 150 valence electrons. The number of nitrogens with zero attached hydrogens (tertiary/aromatic N) is 1. The molecule has 1 N–H and O–H groups in total. The van der Waals surface area contributed by atoms with E-state index < -0.39 is 5.41 Å². The number of rotatable bonds is 6. The van der Waals surface area contributed by atoms with Crippen molar-refractivity contribution in [3.63, 3.8) is 0 Å². The van der Waals surface area contributed by atoms with E-state index in [0.717, 1.165) is 53.9 Å². The van der Waals surface area contributed by atoms with Crippen LogP contribution in [0.1, 0.15) is 41.7 Å². The number of benzene rings is 2. The van der Waals surface area contributed by atoms with Gasteiger partial charge in [0.1, 0.15) is 5.75 Å². The molecule has 1 aromatic heterocycles. The Labute approximate surface area is 179 Å². The molecule has 2 aromatic carbocycles. The van der Waals surface area contributed by atoms with Gasteiger partial charge in [0.25, 0.3) is 0 Å². The summed E-state index contributed by atoms with van der Waals surface area (Å²) in [5.74, 6) is 0.884. The highest BCUT2D eigenvalue weighted by molar-refractivity contribution is 7.15. The number of halogens is 1. The predicted octanol–water partition coefficient (Wildman–Crippen LogP) is 5.85. The topological polar surface area (TPSA) is 51.2 Å². The normalized spacial score (nSPS) is 15.2. The first-order valence-electron chi connectivity index (χ1n) is 9.75. The van der Waals surface area contributed by atoms with Crippen molar-refractivity contribution >= 4 is 34.0 Å². The van der Waals surface area contributed by atoms with Gasteiger partial charge in [-0.15, -0.1) is 11.3 Å². The van der Waals surface area contributed by atoms with E-state index in [0.29, 0.717) is 10.2 Å². The van der Waals surface area contributed by atoms with E-state index in [4.69, 9.17) is 16.3 Å². The van der Waals surface area contributed by atoms with Crippen LogP contribution in [0.25, 0.3) is 0 Å². The number of hydrogen-bond acceptors (Lipinski definition) is 4. The van der Waals surface area contributed by atoms with E-state index in [2.05, 4.69) is 10.3 Å². The average molecular weight is 427 g/mol. The van der Waals surface area contributed by atoms with Crippen LogP contribution in [-0.2, 0) is 16.6 Å². The van der Waals surface area contributed by atoms with Gasteiger partial charge in [-0.3, -0.25) is 4.79 Å². The number of anilines is 1. The number of para-hydroxylation sites is 1. The van der Waals surface area contributed by atoms with Crippen LogP contribution < -0.4 is 10.1 Å². The first-order chi connectivity index (χ1) is 14.1. The summed E-state index contributed by atoms with van der Waals surface area (Å²) in [7, 11) is 1.68. The summed E-state index contributed by atoms with van der Waals surface area (Å²) in [6.45, 7) is 0. The van der Waals surface area contributed by atoms with Crippen molar-refractivity contribution in [2.45, 2.75) is 37.5 Å². The fourth-order valence-corrected chi connectivity index (χ4v) is 5.05. The Bertz CT molecular complexity index is 994. The van der Waals surface area contributed by atoms with E-state index in [1.54, 1.807) is 7.11 Å². The lowest BCUT2D eigenvalue weighted by atomic mass is 9.78. The molecule has 1 amide bonds. The minimum Gasteiger partial charge on any atom is -0.496 e. The molecule has 1 heterocycles. The van der Waals surface area contributed by atoms with Crippen LogP contribution in [0.5, 0.6) is 5.75 Å². The molecule has 0 unspecified atom stereocenters. The van der Waals surface area contributed by atoms with Crippen molar-refractivity contribution in [2.75, 3.05) is 12.4 Å². The van der Waals surface area contributed by atoms with Crippen LogP contribution in [0, 0.1) is 0 Å². The van der Waals surface area contributed by atoms with Crippen LogP contribution in [0.3, 0.4) is 0 Å². The van der Waals surface area contributed by atoms with Crippen molar-refractivity contribution < 1.29 is 9.53 Å². The van der Waals surface area contributed by atoms with Gasteiger partial charge in [-0.05, 0) is 42.2 Å². The summed E-state index contributed by atoms with van der Waals surface area (Å²) in [6, 6.07) is 15.6. The van der Waals surface area contributed by atoms with Crippen molar-refractivity contribution in [1.29, 1.82) is 0 Å². The zero-order valence-electron chi connectivity index (χ0n) is 16.3. The number of hydrogen-bond donors (Lipinski definition) is 1. The summed E-state index contributed by atoms with van der Waals surface area (Å²) in [6.07, 6.45) is 6.34. The molecule has 6 heteroatoms. The maximum Gasteiger partial charge on any atom is 0.236 e. The van der Waals surface area contributed by atoms with Gasteiger partial charge >= 0.3 is 0 Å². The molecular weight excluding hydrogens is 404 g/mol. The zero-order valence-corrected chi connectivity index (χ0v) is 17.9. The lowest BCUT2D eigenvalue weighted by Gasteiger charge is -2.27. The molecular formula is C23H23ClN2O2S. The Hall–Kier alpha value is -2.37. The molecule has 0 aliphatic heterocycles. The smallest absolute Gasteiger partial charge is 0.236 e. The average Bonchev–Trinajstić information content (AvgIpc) is 3.39. The highest BCUT2D eigenvalue weighted by atomic mass is 35.5. The summed E-state index contributed by atoms with van der Waals surface area (Å²) in [5.41, 5.74) is 1.63. The van der Waals surface area contributed by atoms with Crippen molar-refractivity contribution in [3.8, 4) is 5.75 Å². The molecule has 1 saturated carbocycles. The molecule has 0 spiro atoms. The second-order valence-corrected chi connectivity index (χ2v) is 8.92. The highest BCUT2D eigenvalue weighted by Gasteiger charge is 2.42. The number of carbonyl (C=O) groups is 1. The quantitative estimate of drug-likeness (QED) is 0.538. The number of amides is 1. The molecule has 1 fully saturated rings. The van der Waals surface area contributed by atoms with Gasteiger partial charge in [0, 0.05) is 22.5 Å². The third-order valence-corrected chi connectivity index (χ3v) is 6.78. The molecule has 29 heavy (non-hydrogen) atoms. The minimum absolute atomic E-state index is 0.0236. The standard InChI is InChI=1S/C23H23ClN2O2S/c1-28-20-7-3-2-6-16(20)14-19-15-25-22(29-19)26-21(27)23(12-4-5-13-23)17-8-10-18(24)11-9-17/h2-3,6-11,15H,4-5,12-14H2,1H3,(H,25,26,27). The first kappa shape index (κ1) is 19.9. The van der Waals surface area contributed by atoms with Crippen LogP contribution >= 0.6 is 22.9 Å². The highest BCUT2D eigenvalue weighted by Crippen LogP contribution is 2.42. The van der Waals surface area contributed by atoms with Crippen molar-refractivity contribution in [1.82, 2.24) is 4.98 Å². The van der Waals surface area contributed by atoms with Gasteiger partial charge in [0.15, 0.2) is 5.13 Å². The lowest BCUT2D eigenvalue weighted by molar-refractivity contribution is -0.121. The molecule has 1 aliphatic rings. The Kier molecular flexibility index (Phi) is 5.88. The fourth-order valence-electron chi connectivity index (χ4n) is 4.09. The van der Waals surface area contributed by atoms with Gasteiger partial charge in [0.05, 0.1) is 12.5 Å². The Morgan fingerprint density at radius 2 is 1.90 bits per heavy atom. The molecule has 3 aromatic rings. The number of methoxy groups -OCH3 is 1. The van der Waals surface area contributed by atoms with Gasteiger partial charge in [-0.1, -0.05) is 54.8 Å². The van der Waals surface area contributed by atoms with Crippen LogP contribution in [0.4, 0.5) is 5.13 Å². The summed E-state index contributed by atoms with van der Waals surface area (Å²) < 4.78 is 5.43. The van der Waals surface area contributed by atoms with Gasteiger partial charge in [-0.2, -0.15) is 0 Å². The fraction of sp³-hybridized carbons (Fsp3) is 0.304. The van der Waals surface area contributed by atoms with Crippen molar-refractivity contribution in [2.24, 2.45) is 0 Å². The maximum atomic E-state index is 13.3. The molecule has 4 nitrogen and oxygen atoms in total. The molecule has 1 aliphatic carbocycles. The minimum atomic E-state index is -0.501. The Morgan fingerprint density at radius 3 is 2.62 bits per heavy atom. The number of thiazole rings is 1. The first-order valence-corrected chi connectivity index (χ1v) is 10.9. The molecule has 0 bridgehead atoms. The monoisotopic (exact) mass is 426 g/mol. The molecule has 0 atom stereocenters. The number of nitrogens with one attached hydrogen (secondary N) is 1. The van der Waals surface area contributed by atoms with Crippen molar-refractivity contribution in [3.05, 3.63) is 75.8 Å². The van der Waals surface area contributed by atoms with Crippen LogP contribution in [0.15, 0.2) is 54.7 Å². The number of ether oxygens (including phenoxy) is 1. The Morgan fingerprint density at radius 1 is 1.17 bits per heavy atom. The zero-order chi connectivity index (χ0) is 20.3. The number of aromatic nitrogens is 1. The summed E-state index contributed by atoms with van der Waals surface area (Å²) >= 11 is 7.56. The lowest BCUT2D eigenvalue weighted by Crippen LogP contribution is -2.37. The molecule has 0 radical (unpaired) electrons. The molecule has 0 saturated heterocycles. The van der Waals surface area contributed by atoms with E-state index in [-0.39, 0.29) is 5.91 Å². The third kappa shape index (κ3) is 4.16. The maximum absolute atomic E-state index is 13.3.